The zero-order valence-corrected chi connectivity index (χ0v) is 13.5. The summed E-state index contributed by atoms with van der Waals surface area (Å²) in [6, 6.07) is 2.81. The maximum absolute atomic E-state index is 12.5. The fourth-order valence-corrected chi connectivity index (χ4v) is 2.89. The van der Waals surface area contributed by atoms with Crippen LogP contribution in [0.15, 0.2) is 16.6 Å². The zero-order valence-electron chi connectivity index (χ0n) is 11.1. The van der Waals surface area contributed by atoms with Crippen molar-refractivity contribution in [3.05, 3.63) is 21.6 Å². The molecule has 21 heavy (non-hydrogen) atoms. The minimum absolute atomic E-state index is 0.124. The highest BCUT2D eigenvalue weighted by atomic mass is 79.9. The van der Waals surface area contributed by atoms with Crippen LogP contribution in [0, 0.1) is 11.8 Å². The summed E-state index contributed by atoms with van der Waals surface area (Å²) in [6.07, 6.45) is 0. The Labute approximate surface area is 134 Å². The summed E-state index contributed by atoms with van der Waals surface area (Å²) in [7, 11) is 0. The van der Waals surface area contributed by atoms with E-state index in [1.165, 1.54) is 12.1 Å². The van der Waals surface area contributed by atoms with Crippen LogP contribution in [0.4, 0.5) is 14.5 Å². The van der Waals surface area contributed by atoms with Crippen LogP contribution < -0.4 is 15.4 Å². The minimum atomic E-state index is -2.99. The highest BCUT2D eigenvalue weighted by molar-refractivity contribution is 9.10. The fourth-order valence-electron chi connectivity index (χ4n) is 1.99. The standard InChI is InChI=1S/C13H14BrClF2N2O2/c1-6(7-4-18-5-7)12(20)19-10-3-8(15)2-9(14)11(10)21-13(16)17/h2-3,6-7,13,18H,4-5H2,1H3,(H,19,20). The third-order valence-electron chi connectivity index (χ3n) is 3.41. The van der Waals surface area contributed by atoms with Crippen molar-refractivity contribution >= 4 is 39.1 Å². The molecule has 2 rings (SSSR count). The summed E-state index contributed by atoms with van der Waals surface area (Å²) in [5.74, 6) is -0.382. The monoisotopic (exact) mass is 382 g/mol. The van der Waals surface area contributed by atoms with Crippen molar-refractivity contribution in [2.45, 2.75) is 13.5 Å². The van der Waals surface area contributed by atoms with Crippen molar-refractivity contribution in [3.8, 4) is 5.75 Å². The quantitative estimate of drug-likeness (QED) is 0.818. The molecule has 1 heterocycles. The zero-order chi connectivity index (χ0) is 15.6. The van der Waals surface area contributed by atoms with E-state index in [2.05, 4.69) is 31.3 Å². The number of anilines is 1. The lowest BCUT2D eigenvalue weighted by atomic mass is 9.88. The van der Waals surface area contributed by atoms with Crippen LogP contribution in [-0.2, 0) is 4.79 Å². The topological polar surface area (TPSA) is 50.4 Å². The first-order valence-electron chi connectivity index (χ1n) is 6.34. The van der Waals surface area contributed by atoms with Gasteiger partial charge in [-0.1, -0.05) is 18.5 Å². The Morgan fingerprint density at radius 1 is 1.52 bits per heavy atom. The summed E-state index contributed by atoms with van der Waals surface area (Å²) in [4.78, 5) is 12.2. The second-order valence-corrected chi connectivity index (χ2v) is 6.13. The number of benzene rings is 1. The predicted octanol–water partition coefficient (Wildman–Crippen LogP) is 3.50. The molecule has 0 spiro atoms. The van der Waals surface area contributed by atoms with Crippen LogP contribution in [0.1, 0.15) is 6.92 Å². The van der Waals surface area contributed by atoms with E-state index < -0.39 is 6.61 Å². The number of carbonyl (C=O) groups excluding carboxylic acids is 1. The minimum Gasteiger partial charge on any atom is -0.431 e. The van der Waals surface area contributed by atoms with Gasteiger partial charge >= 0.3 is 6.61 Å². The maximum Gasteiger partial charge on any atom is 0.387 e. The summed E-state index contributed by atoms with van der Waals surface area (Å²) >= 11 is 8.99. The lowest BCUT2D eigenvalue weighted by Crippen LogP contribution is -2.48. The van der Waals surface area contributed by atoms with Gasteiger partial charge in [-0.3, -0.25) is 4.79 Å². The van der Waals surface area contributed by atoms with Crippen molar-refractivity contribution in [1.29, 1.82) is 0 Å². The number of halogens is 4. The van der Waals surface area contributed by atoms with Gasteiger partial charge < -0.3 is 15.4 Å². The third kappa shape index (κ3) is 4.05. The Morgan fingerprint density at radius 2 is 2.19 bits per heavy atom. The van der Waals surface area contributed by atoms with Crippen molar-refractivity contribution < 1.29 is 18.3 Å². The van der Waals surface area contributed by atoms with Gasteiger partial charge in [-0.15, -0.1) is 0 Å². The molecule has 1 atom stereocenters. The molecule has 1 aromatic carbocycles. The molecule has 0 aromatic heterocycles. The van der Waals surface area contributed by atoms with Gasteiger partial charge in [0.15, 0.2) is 5.75 Å². The molecule has 4 nitrogen and oxygen atoms in total. The lowest BCUT2D eigenvalue weighted by Gasteiger charge is -2.31. The maximum atomic E-state index is 12.5. The van der Waals surface area contributed by atoms with Crippen molar-refractivity contribution in [2.24, 2.45) is 11.8 Å². The number of rotatable bonds is 5. The number of nitrogens with one attached hydrogen (secondary N) is 2. The molecule has 1 unspecified atom stereocenters. The molecule has 0 radical (unpaired) electrons. The second kappa shape index (κ2) is 6.89. The fraction of sp³-hybridized carbons (Fsp3) is 0.462. The molecule has 1 amide bonds. The number of carbonyl (C=O) groups is 1. The average Bonchev–Trinajstić information content (AvgIpc) is 2.30. The summed E-state index contributed by atoms with van der Waals surface area (Å²) in [5, 5.41) is 5.99. The van der Waals surface area contributed by atoms with E-state index in [-0.39, 0.29) is 33.7 Å². The summed E-state index contributed by atoms with van der Waals surface area (Å²) < 4.78 is 29.6. The van der Waals surface area contributed by atoms with Crippen LogP contribution in [0.2, 0.25) is 5.02 Å². The molecule has 1 aliphatic rings. The van der Waals surface area contributed by atoms with Gasteiger partial charge in [-0.05, 0) is 47.1 Å². The molecule has 0 bridgehead atoms. The highest BCUT2D eigenvalue weighted by Gasteiger charge is 2.29. The van der Waals surface area contributed by atoms with Gasteiger partial charge in [0.25, 0.3) is 0 Å². The molecule has 0 saturated carbocycles. The molecule has 1 fully saturated rings. The Balaban J connectivity index is 2.19. The van der Waals surface area contributed by atoms with Crippen molar-refractivity contribution in [3.63, 3.8) is 0 Å². The molecule has 2 N–H and O–H groups in total. The van der Waals surface area contributed by atoms with Gasteiger partial charge in [0.05, 0.1) is 10.2 Å². The lowest BCUT2D eigenvalue weighted by molar-refractivity contribution is -0.121. The molecule has 1 aromatic rings. The summed E-state index contributed by atoms with van der Waals surface area (Å²) in [6.45, 7) is 0.350. The van der Waals surface area contributed by atoms with Gasteiger partial charge in [-0.25, -0.2) is 0 Å². The number of amides is 1. The molecule has 0 aliphatic carbocycles. The molecular formula is C13H14BrClF2N2O2. The van der Waals surface area contributed by atoms with Gasteiger partial charge in [0.2, 0.25) is 5.91 Å². The third-order valence-corrected chi connectivity index (χ3v) is 4.21. The van der Waals surface area contributed by atoms with Crippen LogP contribution in [0.5, 0.6) is 5.75 Å². The number of ether oxygens (including phenoxy) is 1. The van der Waals surface area contributed by atoms with Crippen LogP contribution in [0.25, 0.3) is 0 Å². The van der Waals surface area contributed by atoms with E-state index in [1.807, 2.05) is 0 Å². The second-order valence-electron chi connectivity index (χ2n) is 4.84. The van der Waals surface area contributed by atoms with Crippen LogP contribution in [-0.4, -0.2) is 25.6 Å². The Hall–Kier alpha value is -0.920. The smallest absolute Gasteiger partial charge is 0.387 e. The first kappa shape index (κ1) is 16.5. The van der Waals surface area contributed by atoms with Crippen LogP contribution >= 0.6 is 27.5 Å². The number of hydrogen-bond acceptors (Lipinski definition) is 3. The molecule has 116 valence electrons. The largest absolute Gasteiger partial charge is 0.431 e. The SMILES string of the molecule is CC(C(=O)Nc1cc(Cl)cc(Br)c1OC(F)F)C1CNC1. The number of hydrogen-bond donors (Lipinski definition) is 2. The molecule has 8 heteroatoms. The Kier molecular flexibility index (Phi) is 5.40. The van der Waals surface area contributed by atoms with Gasteiger partial charge in [0, 0.05) is 10.9 Å². The van der Waals surface area contributed by atoms with E-state index in [0.717, 1.165) is 13.1 Å². The molecule has 1 saturated heterocycles. The molecule has 1 aliphatic heterocycles. The van der Waals surface area contributed by atoms with Gasteiger partial charge in [-0.2, -0.15) is 8.78 Å². The van der Waals surface area contributed by atoms with E-state index in [4.69, 9.17) is 11.6 Å². The van der Waals surface area contributed by atoms with Crippen molar-refractivity contribution in [1.82, 2.24) is 5.32 Å². The Bertz CT molecular complexity index is 541. The average molecular weight is 384 g/mol. The van der Waals surface area contributed by atoms with Gasteiger partial charge in [0.1, 0.15) is 0 Å². The van der Waals surface area contributed by atoms with Crippen LogP contribution in [0.3, 0.4) is 0 Å². The van der Waals surface area contributed by atoms with E-state index in [9.17, 15) is 13.6 Å². The first-order valence-corrected chi connectivity index (χ1v) is 7.51. The first-order chi connectivity index (χ1) is 9.88. The normalized spacial score (nSPS) is 16.5. The molecular weight excluding hydrogens is 370 g/mol. The van der Waals surface area contributed by atoms with E-state index in [1.54, 1.807) is 6.92 Å². The van der Waals surface area contributed by atoms with E-state index >= 15 is 0 Å². The van der Waals surface area contributed by atoms with E-state index in [0.29, 0.717) is 5.02 Å². The van der Waals surface area contributed by atoms with Crippen molar-refractivity contribution in [2.75, 3.05) is 18.4 Å². The summed E-state index contributed by atoms with van der Waals surface area (Å²) in [5.41, 5.74) is 0.124. The highest BCUT2D eigenvalue weighted by Crippen LogP contribution is 2.38. The Morgan fingerprint density at radius 3 is 2.71 bits per heavy atom. The predicted molar refractivity (Wildman–Crippen MR) is 79.9 cm³/mol. The number of alkyl halides is 2.